The highest BCUT2D eigenvalue weighted by molar-refractivity contribution is 6.30. The van der Waals surface area contributed by atoms with Gasteiger partial charge in [0, 0.05) is 10.6 Å². The Hall–Kier alpha value is -1.48. The third kappa shape index (κ3) is 1.81. The fraction of sp³-hybridized carbons (Fsp3) is 0. The van der Waals surface area contributed by atoms with Crippen LogP contribution in [0.25, 0.3) is 11.3 Å². The van der Waals surface area contributed by atoms with Crippen molar-refractivity contribution in [2.45, 2.75) is 0 Å². The van der Waals surface area contributed by atoms with Gasteiger partial charge in [-0.15, -0.1) is 10.2 Å². The van der Waals surface area contributed by atoms with Crippen LogP contribution in [0.15, 0.2) is 36.8 Å². The van der Waals surface area contributed by atoms with Gasteiger partial charge in [0.25, 0.3) is 0 Å². The molecule has 13 heavy (non-hydrogen) atoms. The highest BCUT2D eigenvalue weighted by Crippen LogP contribution is 2.17. The molecule has 3 nitrogen and oxygen atoms in total. The Kier molecular flexibility index (Phi) is 2.19. The monoisotopic (exact) mass is 191 g/mol. The van der Waals surface area contributed by atoms with E-state index in [0.717, 1.165) is 11.3 Å². The van der Waals surface area contributed by atoms with Crippen molar-refractivity contribution in [2.24, 2.45) is 0 Å². The van der Waals surface area contributed by atoms with Crippen molar-refractivity contribution in [1.82, 2.24) is 15.2 Å². The summed E-state index contributed by atoms with van der Waals surface area (Å²) in [7, 11) is 0. The first-order valence-corrected chi connectivity index (χ1v) is 4.13. The second kappa shape index (κ2) is 3.49. The van der Waals surface area contributed by atoms with Crippen molar-refractivity contribution < 1.29 is 0 Å². The molecule has 0 aliphatic heterocycles. The van der Waals surface area contributed by atoms with Gasteiger partial charge < -0.3 is 0 Å². The molecule has 64 valence electrons. The van der Waals surface area contributed by atoms with Crippen LogP contribution in [0, 0.1) is 0 Å². The van der Waals surface area contributed by atoms with E-state index in [4.69, 9.17) is 11.6 Å². The van der Waals surface area contributed by atoms with Gasteiger partial charge in [-0.05, 0) is 12.1 Å². The summed E-state index contributed by atoms with van der Waals surface area (Å²) in [6, 6.07) is 7.39. The van der Waals surface area contributed by atoms with E-state index < -0.39 is 0 Å². The van der Waals surface area contributed by atoms with E-state index in [-0.39, 0.29) is 0 Å². The van der Waals surface area contributed by atoms with Crippen molar-refractivity contribution in [3.63, 3.8) is 0 Å². The molecule has 1 heterocycles. The molecule has 0 fully saturated rings. The minimum Gasteiger partial charge on any atom is -0.241 e. The highest BCUT2D eigenvalue weighted by Gasteiger charge is 1.97. The fourth-order valence-electron chi connectivity index (χ4n) is 1.00. The molecule has 0 amide bonds. The molecule has 0 saturated heterocycles. The van der Waals surface area contributed by atoms with Gasteiger partial charge in [-0.2, -0.15) is 0 Å². The fourth-order valence-corrected chi connectivity index (χ4v) is 1.13. The number of halogens is 1. The lowest BCUT2D eigenvalue weighted by molar-refractivity contribution is 0.976. The summed E-state index contributed by atoms with van der Waals surface area (Å²) < 4.78 is 0. The predicted molar refractivity (Wildman–Crippen MR) is 50.3 cm³/mol. The van der Waals surface area contributed by atoms with Crippen molar-refractivity contribution >= 4 is 11.6 Å². The second-order valence-electron chi connectivity index (χ2n) is 2.50. The van der Waals surface area contributed by atoms with Crippen LogP contribution < -0.4 is 0 Å². The first-order valence-electron chi connectivity index (χ1n) is 3.75. The Balaban J connectivity index is 2.42. The number of aromatic nitrogens is 3. The number of hydrogen-bond acceptors (Lipinski definition) is 3. The van der Waals surface area contributed by atoms with E-state index in [1.54, 1.807) is 6.20 Å². The summed E-state index contributed by atoms with van der Waals surface area (Å²) in [5, 5.41) is 8.32. The number of hydrogen-bond donors (Lipinski definition) is 0. The molecule has 0 saturated carbocycles. The molecule has 0 bridgehead atoms. The Morgan fingerprint density at radius 2 is 1.85 bits per heavy atom. The van der Waals surface area contributed by atoms with Crippen LogP contribution in [0.1, 0.15) is 0 Å². The number of benzene rings is 1. The molecule has 2 aromatic rings. The van der Waals surface area contributed by atoms with Gasteiger partial charge in [-0.25, -0.2) is 4.98 Å². The van der Waals surface area contributed by atoms with Gasteiger partial charge in [-0.3, -0.25) is 0 Å². The maximum atomic E-state index is 5.75. The molecule has 0 aliphatic rings. The maximum absolute atomic E-state index is 5.75. The Morgan fingerprint density at radius 1 is 1.08 bits per heavy atom. The summed E-state index contributed by atoms with van der Waals surface area (Å²) >= 11 is 5.75. The Morgan fingerprint density at radius 3 is 2.46 bits per heavy atom. The van der Waals surface area contributed by atoms with E-state index in [0.29, 0.717) is 5.02 Å². The van der Waals surface area contributed by atoms with Crippen LogP contribution in [0.5, 0.6) is 0 Å². The van der Waals surface area contributed by atoms with Crippen molar-refractivity contribution in [3.8, 4) is 11.3 Å². The quantitative estimate of drug-likeness (QED) is 0.694. The molecule has 2 rings (SSSR count). The third-order valence-electron chi connectivity index (χ3n) is 1.62. The van der Waals surface area contributed by atoms with Crippen molar-refractivity contribution in [3.05, 3.63) is 41.8 Å². The van der Waals surface area contributed by atoms with Gasteiger partial charge in [0.1, 0.15) is 12.0 Å². The lowest BCUT2D eigenvalue weighted by atomic mass is 10.2. The van der Waals surface area contributed by atoms with Crippen LogP contribution in [0.2, 0.25) is 5.02 Å². The highest BCUT2D eigenvalue weighted by atomic mass is 35.5. The number of nitrogens with zero attached hydrogens (tertiary/aromatic N) is 3. The van der Waals surface area contributed by atoms with Crippen LogP contribution in [-0.2, 0) is 0 Å². The summed E-state index contributed by atoms with van der Waals surface area (Å²) in [4.78, 5) is 3.88. The third-order valence-corrected chi connectivity index (χ3v) is 1.87. The molecule has 1 aromatic heterocycles. The van der Waals surface area contributed by atoms with Gasteiger partial charge in [0.05, 0.1) is 6.20 Å². The topological polar surface area (TPSA) is 38.7 Å². The first-order chi connectivity index (χ1) is 6.36. The normalized spacial score (nSPS) is 9.92. The lowest BCUT2D eigenvalue weighted by Gasteiger charge is -1.97. The second-order valence-corrected chi connectivity index (χ2v) is 2.94. The zero-order chi connectivity index (χ0) is 9.10. The van der Waals surface area contributed by atoms with Crippen LogP contribution in [0.3, 0.4) is 0 Å². The van der Waals surface area contributed by atoms with E-state index in [1.165, 1.54) is 6.33 Å². The van der Waals surface area contributed by atoms with Crippen LogP contribution in [-0.4, -0.2) is 15.2 Å². The largest absolute Gasteiger partial charge is 0.241 e. The molecule has 0 spiro atoms. The first kappa shape index (κ1) is 8.13. The molecule has 0 N–H and O–H groups in total. The van der Waals surface area contributed by atoms with Crippen molar-refractivity contribution in [2.75, 3.05) is 0 Å². The molecule has 0 radical (unpaired) electrons. The van der Waals surface area contributed by atoms with Gasteiger partial charge in [-0.1, -0.05) is 23.7 Å². The minimum absolute atomic E-state index is 0.709. The van der Waals surface area contributed by atoms with E-state index in [1.807, 2.05) is 24.3 Å². The summed E-state index contributed by atoms with van der Waals surface area (Å²) in [6.45, 7) is 0. The summed E-state index contributed by atoms with van der Waals surface area (Å²) in [6.07, 6.45) is 3.07. The molecular formula is C9H6ClN3. The predicted octanol–water partition coefficient (Wildman–Crippen LogP) is 2.19. The zero-order valence-corrected chi connectivity index (χ0v) is 7.44. The Bertz CT molecular complexity index is 385. The summed E-state index contributed by atoms with van der Waals surface area (Å²) in [5.74, 6) is 0. The van der Waals surface area contributed by atoms with E-state index in [9.17, 15) is 0 Å². The smallest absolute Gasteiger partial charge is 0.138 e. The molecule has 4 heteroatoms. The van der Waals surface area contributed by atoms with Gasteiger partial charge in [0.2, 0.25) is 0 Å². The van der Waals surface area contributed by atoms with Crippen LogP contribution in [0.4, 0.5) is 0 Å². The molecule has 0 unspecified atom stereocenters. The molecule has 1 aromatic carbocycles. The Labute approximate surface area is 80.4 Å². The maximum Gasteiger partial charge on any atom is 0.138 e. The number of rotatable bonds is 1. The van der Waals surface area contributed by atoms with Crippen LogP contribution >= 0.6 is 11.6 Å². The average Bonchev–Trinajstić information content (AvgIpc) is 2.20. The van der Waals surface area contributed by atoms with E-state index in [2.05, 4.69) is 15.2 Å². The molecular weight excluding hydrogens is 186 g/mol. The molecule has 0 aliphatic carbocycles. The summed E-state index contributed by atoms with van der Waals surface area (Å²) in [5.41, 5.74) is 1.71. The van der Waals surface area contributed by atoms with Gasteiger partial charge in [0.15, 0.2) is 0 Å². The van der Waals surface area contributed by atoms with Crippen molar-refractivity contribution in [1.29, 1.82) is 0 Å². The zero-order valence-electron chi connectivity index (χ0n) is 6.68. The van der Waals surface area contributed by atoms with E-state index >= 15 is 0 Å². The average molecular weight is 192 g/mol. The van der Waals surface area contributed by atoms with Gasteiger partial charge >= 0.3 is 0 Å². The SMILES string of the molecule is Clc1ccc(-c2cncnn2)cc1. The lowest BCUT2D eigenvalue weighted by Crippen LogP contribution is -1.87. The molecule has 0 atom stereocenters. The minimum atomic E-state index is 0.709. The standard InChI is InChI=1S/C9H6ClN3/c10-8-3-1-7(2-4-8)9-5-11-6-12-13-9/h1-6H.